The maximum atomic E-state index is 14.4. The van der Waals surface area contributed by atoms with Gasteiger partial charge in [-0.1, -0.05) is 95.0 Å². The van der Waals surface area contributed by atoms with Gasteiger partial charge < -0.3 is 89.1 Å². The van der Waals surface area contributed by atoms with Crippen LogP contribution in [0.5, 0.6) is 0 Å². The summed E-state index contributed by atoms with van der Waals surface area (Å²) in [5.41, 5.74) is 0.147. The van der Waals surface area contributed by atoms with Gasteiger partial charge in [0.25, 0.3) is 0 Å². The molecule has 92 heavy (non-hydrogen) atoms. The third kappa shape index (κ3) is 27.0. The lowest BCUT2D eigenvalue weighted by molar-refractivity contribution is -0.284. The molecule has 0 radical (unpaired) electrons. The van der Waals surface area contributed by atoms with E-state index >= 15 is 0 Å². The molecule has 8 N–H and O–H groups in total. The number of amides is 4. The van der Waals surface area contributed by atoms with Crippen molar-refractivity contribution in [3.63, 3.8) is 0 Å². The molecule has 2 fully saturated rings. The van der Waals surface area contributed by atoms with E-state index in [0.717, 1.165) is 54.6 Å². The highest BCUT2D eigenvalue weighted by Gasteiger charge is 2.51. The molecule has 4 amide bonds. The first-order valence-electron chi connectivity index (χ1n) is 31.4. The number of benzene rings is 1. The van der Waals surface area contributed by atoms with Gasteiger partial charge in [0, 0.05) is 55.9 Å². The highest BCUT2D eigenvalue weighted by atomic mass is 33.1. The average molecular weight is 1370 g/mol. The lowest BCUT2D eigenvalue weighted by atomic mass is 9.67. The molecule has 0 bridgehead atoms. The number of aliphatic hydroxyl groups excluding tert-OH is 4. The van der Waals surface area contributed by atoms with E-state index in [-0.39, 0.29) is 85.0 Å². The molecule has 5 rings (SSSR count). The Morgan fingerprint density at radius 3 is 2.07 bits per heavy atom. The van der Waals surface area contributed by atoms with E-state index in [1.165, 1.54) is 7.05 Å². The van der Waals surface area contributed by atoms with E-state index < -0.39 is 82.7 Å². The number of fused-ring (bicyclic) bond motifs is 2. The van der Waals surface area contributed by atoms with Crippen LogP contribution in [0, 0.1) is 45.8 Å². The number of aryl methyl sites for hydroxylation is 1. The number of carbonyl (C=O) groups excluding carboxylic acids is 5. The molecule has 1 aromatic heterocycles. The molecule has 6 unspecified atom stereocenters. The van der Waals surface area contributed by atoms with Crippen LogP contribution in [0.25, 0.3) is 0 Å². The Morgan fingerprint density at radius 2 is 1.38 bits per heavy atom. The standard InChI is InChI=1S/C61H96N8O19S4/c1-42-51(73)52(74)49(37-71)88-53(42)85-32-30-79-22-18-65-56(76)61(4,92-54(89)43-9-7-6-8-10-43)40-60(3,55(75)64-17-21-70)39-59(2,41-62)16-15-50(72)84-31-29-83-28-27-82-26-25-81-24-20-69-48-14-12-45-44(11-13-47(48)67-68-69)46(45)38-87-58(78)66-19-23-80-33-35-90-91-36-34-86-57(77)63-5/h6-10,42,44-46,49,51-53,70-71,73-74H,11-40H2,1-5H3,(H,63,77)(H,64,75)(H,65,76)(H,66,78)/t42-,44?,45?,46?,49-,51-,52-,53-,59?,60?,61?/m0/s1. The number of alkyl carbamates (subject to hydrolysis) is 2. The number of thiocarbonyl (C=S) groups is 1. The summed E-state index contributed by atoms with van der Waals surface area (Å²) in [6.07, 6.45) is -1.87. The van der Waals surface area contributed by atoms with Crippen LogP contribution >= 0.6 is 45.6 Å². The van der Waals surface area contributed by atoms with Crippen molar-refractivity contribution >= 4 is 79.7 Å². The molecule has 31 heteroatoms. The fraction of sp³-hybridized carbons (Fsp3) is 0.754. The van der Waals surface area contributed by atoms with Gasteiger partial charge in [-0.15, -0.1) is 5.10 Å². The molecular weight excluding hydrogens is 1280 g/mol. The van der Waals surface area contributed by atoms with Gasteiger partial charge in [-0.05, 0) is 82.1 Å². The largest absolute Gasteiger partial charge is 0.463 e. The Bertz CT molecular complexity index is 2600. The minimum atomic E-state index is -1.41. The molecule has 2 heterocycles. The number of thioether (sulfide) groups is 1. The number of esters is 1. The summed E-state index contributed by atoms with van der Waals surface area (Å²) in [5.74, 6) is 0.682. The Labute approximate surface area is 556 Å². The maximum absolute atomic E-state index is 14.4. The molecule has 27 nitrogen and oxygen atoms in total. The first kappa shape index (κ1) is 78.2. The van der Waals surface area contributed by atoms with Crippen molar-refractivity contribution in [2.24, 2.45) is 34.5 Å². The number of carbonyl (C=O) groups is 5. The van der Waals surface area contributed by atoms with Crippen LogP contribution in [0.2, 0.25) is 0 Å². The molecule has 3 aliphatic rings. The average Bonchev–Trinajstić information content (AvgIpc) is 1.11. The summed E-state index contributed by atoms with van der Waals surface area (Å²) < 4.78 is 56.6. The molecule has 2 aliphatic carbocycles. The van der Waals surface area contributed by atoms with E-state index in [9.17, 15) is 49.7 Å². The summed E-state index contributed by atoms with van der Waals surface area (Å²) in [5, 5.41) is 70.0. The van der Waals surface area contributed by atoms with Crippen molar-refractivity contribution < 1.29 is 91.8 Å². The normalized spacial score (nSPS) is 22.0. The van der Waals surface area contributed by atoms with Crippen molar-refractivity contribution in [3.05, 3.63) is 47.3 Å². The van der Waals surface area contributed by atoms with E-state index in [1.807, 2.05) is 35.0 Å². The van der Waals surface area contributed by atoms with Gasteiger partial charge in [-0.25, -0.2) is 14.3 Å². The topological polar surface area (TPSA) is 361 Å². The van der Waals surface area contributed by atoms with Crippen LogP contribution in [0.4, 0.5) is 9.59 Å². The molecule has 1 saturated carbocycles. The van der Waals surface area contributed by atoms with Crippen molar-refractivity contribution in [1.82, 2.24) is 36.3 Å². The molecule has 1 aromatic carbocycles. The molecule has 0 spiro atoms. The van der Waals surface area contributed by atoms with E-state index in [4.69, 9.17) is 59.6 Å². The summed E-state index contributed by atoms with van der Waals surface area (Å²) in [6, 6.07) is 11.4. The lowest BCUT2D eigenvalue weighted by Crippen LogP contribution is -2.55. The monoisotopic (exact) mass is 1370 g/mol. The van der Waals surface area contributed by atoms with Crippen LogP contribution < -0.4 is 21.3 Å². The number of aromatic nitrogens is 3. The highest BCUT2D eigenvalue weighted by molar-refractivity contribution is 8.76. The Balaban J connectivity index is 0.946. The Morgan fingerprint density at radius 1 is 0.750 bits per heavy atom. The molecule has 518 valence electrons. The number of nitrogens with one attached hydrogen (secondary N) is 4. The Hall–Kier alpha value is -4.50. The van der Waals surface area contributed by atoms with Crippen molar-refractivity contribution in [3.8, 4) is 6.07 Å². The van der Waals surface area contributed by atoms with Crippen molar-refractivity contribution in [2.75, 3.05) is 144 Å². The van der Waals surface area contributed by atoms with E-state index in [1.54, 1.807) is 49.3 Å². The van der Waals surface area contributed by atoms with Crippen molar-refractivity contribution in [2.45, 2.75) is 115 Å². The van der Waals surface area contributed by atoms with Gasteiger partial charge in [0.2, 0.25) is 11.8 Å². The number of rotatable bonds is 45. The van der Waals surface area contributed by atoms with Gasteiger partial charge >= 0.3 is 18.2 Å². The second kappa shape index (κ2) is 42.1. The third-order valence-electron chi connectivity index (χ3n) is 16.1. The van der Waals surface area contributed by atoms with Gasteiger partial charge in [0.15, 0.2) is 6.29 Å². The van der Waals surface area contributed by atoms with Gasteiger partial charge in [-0.2, -0.15) is 5.26 Å². The summed E-state index contributed by atoms with van der Waals surface area (Å²) in [7, 11) is 4.75. The second-order valence-electron chi connectivity index (χ2n) is 23.4. The molecular formula is C61H96N8O19S4. The minimum Gasteiger partial charge on any atom is -0.463 e. The van der Waals surface area contributed by atoms with E-state index in [2.05, 4.69) is 37.6 Å². The quantitative estimate of drug-likeness (QED) is 0.0155. The Kier molecular flexibility index (Phi) is 35.8. The number of ether oxygens (including phenoxy) is 10. The number of nitriles is 1. The van der Waals surface area contributed by atoms with Gasteiger partial charge in [-0.3, -0.25) is 14.4 Å². The first-order valence-corrected chi connectivity index (χ1v) is 35.1. The summed E-state index contributed by atoms with van der Waals surface area (Å²) in [4.78, 5) is 65.0. The van der Waals surface area contributed by atoms with Crippen LogP contribution in [0.15, 0.2) is 30.3 Å². The van der Waals surface area contributed by atoms with Crippen LogP contribution in [-0.4, -0.2) is 243 Å². The van der Waals surface area contributed by atoms with Gasteiger partial charge in [0.1, 0.15) is 25.4 Å². The van der Waals surface area contributed by atoms with Gasteiger partial charge in [0.05, 0.1) is 137 Å². The molecule has 1 aliphatic heterocycles. The molecule has 1 saturated heterocycles. The number of nitrogens with zero attached hydrogens (tertiary/aromatic N) is 4. The minimum absolute atomic E-state index is 0.0311. The second-order valence-corrected chi connectivity index (χ2v) is 28.2. The predicted octanol–water partition coefficient (Wildman–Crippen LogP) is 3.39. The first-order chi connectivity index (χ1) is 44.3. The van der Waals surface area contributed by atoms with Crippen LogP contribution in [0.3, 0.4) is 0 Å². The smallest absolute Gasteiger partial charge is 0.407 e. The highest BCUT2D eigenvalue weighted by Crippen LogP contribution is 2.53. The maximum Gasteiger partial charge on any atom is 0.407 e. The number of hydrogen-bond acceptors (Lipinski definition) is 26. The SMILES string of the molecule is CNC(=O)OCCSSCCOCCNC(=O)OCC1C2CCc3nnn(CCOCCOCCOCCOC(=O)CCC(C)(C#N)CC(C)(CC(C)(SC(=S)c4ccccc4)C(=O)NCCOCCO[C@H]4O[C@@H](CO)[C@H](O)[C@@H](O)[C@@H]4C)C(=O)NCCO)c3CCC21. The summed E-state index contributed by atoms with van der Waals surface area (Å²) in [6.45, 7) is 10.3. The zero-order valence-corrected chi connectivity index (χ0v) is 56.8. The third-order valence-corrected chi connectivity index (χ3v) is 20.1. The van der Waals surface area contributed by atoms with Crippen LogP contribution in [0.1, 0.15) is 83.2 Å². The fourth-order valence-electron chi connectivity index (χ4n) is 11.2. The lowest BCUT2D eigenvalue weighted by Gasteiger charge is -2.40. The molecule has 2 aromatic rings. The van der Waals surface area contributed by atoms with Crippen LogP contribution in [-0.2, 0) is 81.1 Å². The predicted molar refractivity (Wildman–Crippen MR) is 347 cm³/mol. The summed E-state index contributed by atoms with van der Waals surface area (Å²) >= 11 is 6.96. The zero-order valence-electron chi connectivity index (χ0n) is 53.6. The molecule has 11 atom stereocenters. The fourth-order valence-corrected chi connectivity index (χ4v) is 14.8. The van der Waals surface area contributed by atoms with Crippen molar-refractivity contribution in [1.29, 1.82) is 5.26 Å². The van der Waals surface area contributed by atoms with E-state index in [0.29, 0.717) is 99.2 Å². The number of aliphatic hydroxyl groups is 4. The number of hydrogen-bond donors (Lipinski definition) is 8. The zero-order chi connectivity index (χ0) is 66.8.